The maximum atomic E-state index is 14.0. The van der Waals surface area contributed by atoms with Crippen molar-refractivity contribution in [3.8, 4) is 0 Å². The molecule has 0 saturated heterocycles. The third-order valence-electron chi connectivity index (χ3n) is 4.02. The number of aryl methyl sites for hydroxylation is 2. The van der Waals surface area contributed by atoms with E-state index in [-0.39, 0.29) is 5.56 Å². The first-order valence-electron chi connectivity index (χ1n) is 6.60. The van der Waals surface area contributed by atoms with Gasteiger partial charge in [-0.3, -0.25) is 0 Å². The molecule has 0 radical (unpaired) electrons. The Hall–Kier alpha value is -1.48. The van der Waals surface area contributed by atoms with Gasteiger partial charge in [-0.15, -0.1) is 11.6 Å². The van der Waals surface area contributed by atoms with Crippen LogP contribution in [0.1, 0.15) is 38.8 Å². The molecule has 1 unspecified atom stereocenters. The summed E-state index contributed by atoms with van der Waals surface area (Å²) in [4.78, 5) is 0. The first-order chi connectivity index (χ1) is 9.75. The molecular formula is C17H16ClF3. The van der Waals surface area contributed by atoms with E-state index in [0.29, 0.717) is 0 Å². The summed E-state index contributed by atoms with van der Waals surface area (Å²) in [6, 6.07) is 4.12. The van der Waals surface area contributed by atoms with E-state index in [2.05, 4.69) is 0 Å². The molecule has 2 aromatic carbocycles. The highest BCUT2D eigenvalue weighted by Gasteiger charge is 2.24. The number of benzene rings is 2. The normalized spacial score (nSPS) is 12.6. The lowest BCUT2D eigenvalue weighted by atomic mass is 9.89. The molecule has 4 heteroatoms. The Bertz CT molecular complexity index is 682. The van der Waals surface area contributed by atoms with Gasteiger partial charge in [0.1, 0.15) is 0 Å². The molecule has 0 amide bonds. The summed E-state index contributed by atoms with van der Waals surface area (Å²) < 4.78 is 40.4. The molecule has 0 aliphatic rings. The van der Waals surface area contributed by atoms with Gasteiger partial charge < -0.3 is 0 Å². The smallest absolute Gasteiger partial charge is 0.194 e. The van der Waals surface area contributed by atoms with E-state index in [0.717, 1.165) is 33.9 Å². The average molecular weight is 313 g/mol. The van der Waals surface area contributed by atoms with Gasteiger partial charge in [-0.2, -0.15) is 0 Å². The second-order valence-corrected chi connectivity index (χ2v) is 5.74. The van der Waals surface area contributed by atoms with Gasteiger partial charge in [-0.1, -0.05) is 12.1 Å². The quantitative estimate of drug-likeness (QED) is 0.495. The molecule has 0 fully saturated rings. The SMILES string of the molecule is Cc1cc(C)c(C)c(C(Cl)c2ccc(F)c(F)c2F)c1C. The molecule has 2 aromatic rings. The molecule has 0 saturated carbocycles. The van der Waals surface area contributed by atoms with Crippen LogP contribution in [0.5, 0.6) is 0 Å². The van der Waals surface area contributed by atoms with Crippen molar-refractivity contribution >= 4 is 11.6 Å². The van der Waals surface area contributed by atoms with Crippen LogP contribution in [-0.4, -0.2) is 0 Å². The van der Waals surface area contributed by atoms with Crippen molar-refractivity contribution in [2.75, 3.05) is 0 Å². The zero-order valence-electron chi connectivity index (χ0n) is 12.3. The van der Waals surface area contributed by atoms with Crippen LogP contribution in [-0.2, 0) is 0 Å². The predicted molar refractivity (Wildman–Crippen MR) is 79.4 cm³/mol. The van der Waals surface area contributed by atoms with Gasteiger partial charge in [0.25, 0.3) is 0 Å². The van der Waals surface area contributed by atoms with Crippen LogP contribution >= 0.6 is 11.6 Å². The van der Waals surface area contributed by atoms with Crippen molar-refractivity contribution in [2.45, 2.75) is 33.1 Å². The molecule has 0 aliphatic heterocycles. The average Bonchev–Trinajstić information content (AvgIpc) is 2.43. The standard InChI is InChI=1S/C17H16ClF3/c1-8-7-9(2)11(4)14(10(8)3)15(18)12-5-6-13(19)17(21)16(12)20/h5-7,15H,1-4H3. The Kier molecular flexibility index (Phi) is 4.33. The summed E-state index contributed by atoms with van der Waals surface area (Å²) in [5, 5.41) is -0.862. The summed E-state index contributed by atoms with van der Waals surface area (Å²) in [6.45, 7) is 7.67. The van der Waals surface area contributed by atoms with Crippen molar-refractivity contribution in [1.29, 1.82) is 0 Å². The van der Waals surface area contributed by atoms with Crippen LogP contribution in [0.15, 0.2) is 18.2 Å². The first-order valence-corrected chi connectivity index (χ1v) is 7.04. The van der Waals surface area contributed by atoms with Crippen LogP contribution in [0, 0.1) is 45.1 Å². The topological polar surface area (TPSA) is 0 Å². The summed E-state index contributed by atoms with van der Waals surface area (Å²) >= 11 is 6.39. The Morgan fingerprint density at radius 3 is 1.90 bits per heavy atom. The molecule has 0 nitrogen and oxygen atoms in total. The van der Waals surface area contributed by atoms with Crippen molar-refractivity contribution in [3.05, 3.63) is 69.0 Å². The molecular weight excluding hydrogens is 297 g/mol. The van der Waals surface area contributed by atoms with Crippen LogP contribution in [0.2, 0.25) is 0 Å². The second kappa shape index (κ2) is 5.72. The minimum absolute atomic E-state index is 0.0493. The zero-order chi connectivity index (χ0) is 15.9. The predicted octanol–water partition coefficient (Wildman–Crippen LogP) is 5.67. The van der Waals surface area contributed by atoms with Gasteiger partial charge in [0.05, 0.1) is 5.38 Å². The monoisotopic (exact) mass is 312 g/mol. The highest BCUT2D eigenvalue weighted by molar-refractivity contribution is 6.22. The number of hydrogen-bond donors (Lipinski definition) is 0. The lowest BCUT2D eigenvalue weighted by molar-refractivity contribution is 0.441. The molecule has 0 N–H and O–H groups in total. The fraction of sp³-hybridized carbons (Fsp3) is 0.294. The molecule has 0 aromatic heterocycles. The van der Waals surface area contributed by atoms with E-state index in [9.17, 15) is 13.2 Å². The van der Waals surface area contributed by atoms with Gasteiger partial charge in [0, 0.05) is 5.56 Å². The molecule has 0 bridgehead atoms. The highest BCUT2D eigenvalue weighted by atomic mass is 35.5. The lowest BCUT2D eigenvalue weighted by Gasteiger charge is -2.20. The van der Waals surface area contributed by atoms with Gasteiger partial charge in [0.2, 0.25) is 0 Å². The fourth-order valence-corrected chi connectivity index (χ4v) is 3.02. The summed E-state index contributed by atoms with van der Waals surface area (Å²) in [6.07, 6.45) is 0. The van der Waals surface area contributed by atoms with Crippen molar-refractivity contribution in [2.24, 2.45) is 0 Å². The second-order valence-electron chi connectivity index (χ2n) is 5.30. The van der Waals surface area contributed by atoms with E-state index in [1.54, 1.807) is 0 Å². The number of halogens is 4. The van der Waals surface area contributed by atoms with E-state index in [1.165, 1.54) is 6.07 Å². The highest BCUT2D eigenvalue weighted by Crippen LogP contribution is 2.37. The molecule has 0 spiro atoms. The molecule has 0 aliphatic carbocycles. The minimum atomic E-state index is -1.49. The van der Waals surface area contributed by atoms with Crippen LogP contribution in [0.4, 0.5) is 13.2 Å². The van der Waals surface area contributed by atoms with Crippen LogP contribution in [0.3, 0.4) is 0 Å². The molecule has 0 heterocycles. The maximum absolute atomic E-state index is 14.0. The number of rotatable bonds is 2. The largest absolute Gasteiger partial charge is 0.204 e. The summed E-state index contributed by atoms with van der Waals surface area (Å²) in [7, 11) is 0. The van der Waals surface area contributed by atoms with E-state index in [4.69, 9.17) is 11.6 Å². The Balaban J connectivity index is 2.66. The van der Waals surface area contributed by atoms with E-state index in [1.807, 2.05) is 33.8 Å². The van der Waals surface area contributed by atoms with E-state index < -0.39 is 22.8 Å². The molecule has 2 rings (SSSR count). The Morgan fingerprint density at radius 1 is 0.857 bits per heavy atom. The Labute approximate surface area is 127 Å². The first kappa shape index (κ1) is 15.9. The van der Waals surface area contributed by atoms with Crippen molar-refractivity contribution in [3.63, 3.8) is 0 Å². The van der Waals surface area contributed by atoms with Crippen LogP contribution < -0.4 is 0 Å². The maximum Gasteiger partial charge on any atom is 0.194 e. The summed E-state index contributed by atoms with van der Waals surface area (Å²) in [5.74, 6) is -3.93. The van der Waals surface area contributed by atoms with Gasteiger partial charge in [-0.25, -0.2) is 13.2 Å². The number of hydrogen-bond acceptors (Lipinski definition) is 0. The molecule has 112 valence electrons. The van der Waals surface area contributed by atoms with Gasteiger partial charge in [0.15, 0.2) is 17.5 Å². The summed E-state index contributed by atoms with van der Waals surface area (Å²) in [5.41, 5.74) is 4.62. The van der Waals surface area contributed by atoms with Crippen molar-refractivity contribution < 1.29 is 13.2 Å². The Morgan fingerprint density at radius 2 is 1.38 bits per heavy atom. The van der Waals surface area contributed by atoms with Gasteiger partial charge in [-0.05, 0) is 61.6 Å². The van der Waals surface area contributed by atoms with Gasteiger partial charge >= 0.3 is 0 Å². The lowest BCUT2D eigenvalue weighted by Crippen LogP contribution is -2.07. The molecule has 21 heavy (non-hydrogen) atoms. The third-order valence-corrected chi connectivity index (χ3v) is 4.47. The minimum Gasteiger partial charge on any atom is -0.204 e. The number of alkyl halides is 1. The van der Waals surface area contributed by atoms with Crippen molar-refractivity contribution in [1.82, 2.24) is 0 Å². The van der Waals surface area contributed by atoms with E-state index >= 15 is 0 Å². The van der Waals surface area contributed by atoms with Crippen LogP contribution in [0.25, 0.3) is 0 Å². The molecule has 1 atom stereocenters. The third kappa shape index (κ3) is 2.67. The zero-order valence-corrected chi connectivity index (χ0v) is 13.1. The fourth-order valence-electron chi connectivity index (χ4n) is 2.52.